The zero-order chi connectivity index (χ0) is 12.8. The predicted molar refractivity (Wildman–Crippen MR) is 76.7 cm³/mol. The summed E-state index contributed by atoms with van der Waals surface area (Å²) in [4.78, 5) is 7.00. The second-order valence-corrected chi connectivity index (χ2v) is 5.42. The Morgan fingerprint density at radius 2 is 2.17 bits per heavy atom. The van der Waals surface area contributed by atoms with Crippen molar-refractivity contribution in [2.24, 2.45) is 5.92 Å². The van der Waals surface area contributed by atoms with Crippen LogP contribution in [0, 0.1) is 5.92 Å². The van der Waals surface area contributed by atoms with Crippen molar-refractivity contribution in [3.8, 4) is 0 Å². The van der Waals surface area contributed by atoms with Gasteiger partial charge in [0.1, 0.15) is 0 Å². The quantitative estimate of drug-likeness (QED) is 0.866. The van der Waals surface area contributed by atoms with Gasteiger partial charge in [0, 0.05) is 25.0 Å². The number of nitrogens with zero attached hydrogens (tertiary/aromatic N) is 2. The number of hydrogen-bond donors (Lipinski definition) is 1. The second kappa shape index (κ2) is 6.74. The summed E-state index contributed by atoms with van der Waals surface area (Å²) in [6.45, 7) is 9.00. The maximum absolute atomic E-state index is 4.48. The molecule has 0 atom stereocenters. The maximum atomic E-state index is 4.48. The summed E-state index contributed by atoms with van der Waals surface area (Å²) >= 11 is 0. The first kappa shape index (κ1) is 13.3. The van der Waals surface area contributed by atoms with Gasteiger partial charge >= 0.3 is 0 Å². The Hall–Kier alpha value is -1.09. The first-order valence-corrected chi connectivity index (χ1v) is 7.19. The van der Waals surface area contributed by atoms with E-state index in [-0.39, 0.29) is 0 Å². The summed E-state index contributed by atoms with van der Waals surface area (Å²) in [7, 11) is 0. The van der Waals surface area contributed by atoms with Crippen LogP contribution >= 0.6 is 0 Å². The van der Waals surface area contributed by atoms with E-state index in [2.05, 4.69) is 41.2 Å². The van der Waals surface area contributed by atoms with E-state index in [1.807, 2.05) is 6.20 Å². The molecule has 0 saturated carbocycles. The minimum atomic E-state index is 0.895. The van der Waals surface area contributed by atoms with Crippen LogP contribution in [0.1, 0.15) is 38.8 Å². The van der Waals surface area contributed by atoms with Crippen LogP contribution in [0.25, 0.3) is 0 Å². The number of hydrogen-bond acceptors (Lipinski definition) is 3. The molecule has 0 spiro atoms. The molecule has 1 fully saturated rings. The van der Waals surface area contributed by atoms with Gasteiger partial charge in [-0.25, -0.2) is 0 Å². The van der Waals surface area contributed by atoms with E-state index in [0.29, 0.717) is 0 Å². The topological polar surface area (TPSA) is 28.2 Å². The zero-order valence-electron chi connectivity index (χ0n) is 11.7. The monoisotopic (exact) mass is 247 g/mol. The van der Waals surface area contributed by atoms with E-state index in [0.717, 1.165) is 25.4 Å². The van der Waals surface area contributed by atoms with Gasteiger partial charge in [0.2, 0.25) is 0 Å². The molecule has 3 heteroatoms. The minimum Gasteiger partial charge on any atom is -0.385 e. The molecular weight excluding hydrogens is 222 g/mol. The molecule has 1 N–H and O–H groups in total. The predicted octanol–water partition coefficient (Wildman–Crippen LogP) is 3.14. The molecule has 3 nitrogen and oxygen atoms in total. The Morgan fingerprint density at radius 1 is 1.39 bits per heavy atom. The first-order valence-electron chi connectivity index (χ1n) is 7.19. The molecule has 1 aliphatic heterocycles. The third kappa shape index (κ3) is 3.98. The van der Waals surface area contributed by atoms with Gasteiger partial charge in [-0.15, -0.1) is 0 Å². The Labute approximate surface area is 111 Å². The molecule has 100 valence electrons. The second-order valence-electron chi connectivity index (χ2n) is 5.42. The molecular formula is C15H25N3. The van der Waals surface area contributed by atoms with Gasteiger partial charge in [-0.05, 0) is 50.4 Å². The molecule has 1 aromatic heterocycles. The number of piperidine rings is 1. The van der Waals surface area contributed by atoms with Crippen molar-refractivity contribution in [2.45, 2.75) is 39.7 Å². The lowest BCUT2D eigenvalue weighted by molar-refractivity contribution is 0.183. The van der Waals surface area contributed by atoms with Crippen molar-refractivity contribution in [2.75, 3.05) is 25.0 Å². The molecule has 0 unspecified atom stereocenters. The normalized spacial score (nSPS) is 17.9. The van der Waals surface area contributed by atoms with Crippen molar-refractivity contribution < 1.29 is 0 Å². The zero-order valence-corrected chi connectivity index (χ0v) is 11.7. The molecule has 1 aromatic rings. The van der Waals surface area contributed by atoms with Crippen molar-refractivity contribution in [1.29, 1.82) is 0 Å². The van der Waals surface area contributed by atoms with Crippen molar-refractivity contribution in [3.05, 3.63) is 24.0 Å². The molecule has 18 heavy (non-hydrogen) atoms. The van der Waals surface area contributed by atoms with Gasteiger partial charge in [-0.2, -0.15) is 0 Å². The number of likely N-dealkylation sites (tertiary alicyclic amines) is 1. The Bertz CT molecular complexity index is 357. The third-order valence-electron chi connectivity index (χ3n) is 3.66. The van der Waals surface area contributed by atoms with Crippen LogP contribution in [-0.4, -0.2) is 29.5 Å². The minimum absolute atomic E-state index is 0.895. The molecule has 1 aliphatic rings. The smallest absolute Gasteiger partial charge is 0.0564 e. The third-order valence-corrected chi connectivity index (χ3v) is 3.66. The lowest BCUT2D eigenvalue weighted by atomic mass is 9.99. The summed E-state index contributed by atoms with van der Waals surface area (Å²) in [5.41, 5.74) is 2.39. The van der Waals surface area contributed by atoms with E-state index in [9.17, 15) is 0 Å². The molecule has 2 rings (SSSR count). The van der Waals surface area contributed by atoms with E-state index in [1.165, 1.54) is 37.3 Å². The van der Waals surface area contributed by atoms with Gasteiger partial charge in [-0.1, -0.05) is 13.8 Å². The highest BCUT2D eigenvalue weighted by Gasteiger charge is 2.15. The highest BCUT2D eigenvalue weighted by Crippen LogP contribution is 2.18. The van der Waals surface area contributed by atoms with Gasteiger partial charge in [0.05, 0.1) is 5.69 Å². The average Bonchev–Trinajstić information content (AvgIpc) is 2.40. The van der Waals surface area contributed by atoms with Crippen LogP contribution < -0.4 is 5.32 Å². The highest BCUT2D eigenvalue weighted by molar-refractivity contribution is 5.43. The standard InChI is InChI=1S/C15H25N3/c1-3-7-16-14-4-8-17-15(11-14)12-18-9-5-13(2)6-10-18/h4,8,11,13H,3,5-7,9-10,12H2,1-2H3,(H,16,17). The molecule has 2 heterocycles. The fourth-order valence-corrected chi connectivity index (χ4v) is 2.39. The summed E-state index contributed by atoms with van der Waals surface area (Å²) < 4.78 is 0. The number of anilines is 1. The average molecular weight is 247 g/mol. The Balaban J connectivity index is 1.88. The van der Waals surface area contributed by atoms with Crippen molar-refractivity contribution in [1.82, 2.24) is 9.88 Å². The lowest BCUT2D eigenvalue weighted by Gasteiger charge is -2.29. The van der Waals surface area contributed by atoms with Crippen LogP contribution in [0.15, 0.2) is 18.3 Å². The molecule has 0 bridgehead atoms. The van der Waals surface area contributed by atoms with Crippen LogP contribution in [0.3, 0.4) is 0 Å². The van der Waals surface area contributed by atoms with Crippen molar-refractivity contribution in [3.63, 3.8) is 0 Å². The van der Waals surface area contributed by atoms with E-state index in [1.54, 1.807) is 0 Å². The van der Waals surface area contributed by atoms with E-state index in [4.69, 9.17) is 0 Å². The Morgan fingerprint density at radius 3 is 2.89 bits per heavy atom. The summed E-state index contributed by atoms with van der Waals surface area (Å²) in [5.74, 6) is 0.895. The number of nitrogens with one attached hydrogen (secondary N) is 1. The first-order chi connectivity index (χ1) is 8.78. The maximum Gasteiger partial charge on any atom is 0.0564 e. The van der Waals surface area contributed by atoms with Gasteiger partial charge in [0.15, 0.2) is 0 Å². The fraction of sp³-hybridized carbons (Fsp3) is 0.667. The molecule has 0 radical (unpaired) electrons. The van der Waals surface area contributed by atoms with Crippen LogP contribution in [0.5, 0.6) is 0 Å². The summed E-state index contributed by atoms with van der Waals surface area (Å²) in [5, 5.41) is 3.42. The number of rotatable bonds is 5. The molecule has 1 saturated heterocycles. The van der Waals surface area contributed by atoms with E-state index >= 15 is 0 Å². The summed E-state index contributed by atoms with van der Waals surface area (Å²) in [6.07, 6.45) is 5.73. The molecule has 0 aliphatic carbocycles. The number of pyridine rings is 1. The molecule has 0 aromatic carbocycles. The van der Waals surface area contributed by atoms with Gasteiger partial charge in [0.25, 0.3) is 0 Å². The lowest BCUT2D eigenvalue weighted by Crippen LogP contribution is -2.32. The highest BCUT2D eigenvalue weighted by atomic mass is 15.1. The van der Waals surface area contributed by atoms with Crippen LogP contribution in [0.2, 0.25) is 0 Å². The largest absolute Gasteiger partial charge is 0.385 e. The van der Waals surface area contributed by atoms with E-state index < -0.39 is 0 Å². The van der Waals surface area contributed by atoms with Gasteiger partial charge < -0.3 is 5.32 Å². The SMILES string of the molecule is CCCNc1ccnc(CN2CCC(C)CC2)c1. The van der Waals surface area contributed by atoms with Crippen LogP contribution in [-0.2, 0) is 6.54 Å². The summed E-state index contributed by atoms with van der Waals surface area (Å²) in [6, 6.07) is 4.24. The fourth-order valence-electron chi connectivity index (χ4n) is 2.39. The van der Waals surface area contributed by atoms with Gasteiger partial charge in [-0.3, -0.25) is 9.88 Å². The Kier molecular flexibility index (Phi) is 5.00. The van der Waals surface area contributed by atoms with Crippen LogP contribution in [0.4, 0.5) is 5.69 Å². The van der Waals surface area contributed by atoms with Crippen molar-refractivity contribution >= 4 is 5.69 Å². The molecule has 0 amide bonds. The number of aromatic nitrogens is 1.